The van der Waals surface area contributed by atoms with Crippen LogP contribution in [-0.2, 0) is 19.6 Å². The first-order valence-corrected chi connectivity index (χ1v) is 10.0. The minimum absolute atomic E-state index is 0.0430. The van der Waals surface area contributed by atoms with Gasteiger partial charge in [0.15, 0.2) is 0 Å². The number of nitrogens with zero attached hydrogens (tertiary/aromatic N) is 1. The van der Waals surface area contributed by atoms with Crippen molar-refractivity contribution in [2.24, 2.45) is 0 Å². The van der Waals surface area contributed by atoms with Crippen LogP contribution in [0.25, 0.3) is 0 Å². The van der Waals surface area contributed by atoms with Gasteiger partial charge in [-0.15, -0.1) is 0 Å². The minimum Gasteiger partial charge on any atom is -0.370 e. The lowest BCUT2D eigenvalue weighted by Gasteiger charge is -2.33. The molecular weight excluding hydrogens is 376 g/mol. The van der Waals surface area contributed by atoms with Crippen molar-refractivity contribution in [3.63, 3.8) is 0 Å². The molecule has 0 aromatic heterocycles. The molecule has 2 aromatic carbocycles. The van der Waals surface area contributed by atoms with Gasteiger partial charge in [0, 0.05) is 6.54 Å². The third kappa shape index (κ3) is 4.42. The Labute approximate surface area is 157 Å². The topological polar surface area (TPSA) is 75.7 Å². The maximum Gasteiger partial charge on any atom is 0.242 e. The van der Waals surface area contributed by atoms with E-state index in [0.29, 0.717) is 19.7 Å². The number of morpholine rings is 1. The average Bonchev–Trinajstić information content (AvgIpc) is 2.67. The second-order valence-corrected chi connectivity index (χ2v) is 8.01. The van der Waals surface area contributed by atoms with Crippen molar-refractivity contribution in [2.75, 3.05) is 26.2 Å². The molecule has 1 aliphatic heterocycles. The fourth-order valence-electron chi connectivity index (χ4n) is 2.75. The Hall–Kier alpha value is -1.93. The quantitative estimate of drug-likeness (QED) is 0.843. The van der Waals surface area contributed by atoms with Crippen molar-refractivity contribution in [2.45, 2.75) is 11.0 Å². The summed E-state index contributed by atoms with van der Waals surface area (Å²) in [5.41, 5.74) is 0.988. The van der Waals surface area contributed by atoms with Crippen LogP contribution < -0.4 is 4.72 Å². The van der Waals surface area contributed by atoms with Gasteiger partial charge in [0.05, 0.1) is 24.7 Å². The zero-order chi connectivity index (χ0) is 18.6. The summed E-state index contributed by atoms with van der Waals surface area (Å²) in [7, 11) is -3.85. The second-order valence-electron chi connectivity index (χ2n) is 5.86. The molecule has 1 heterocycles. The van der Waals surface area contributed by atoms with Crippen molar-refractivity contribution < 1.29 is 17.9 Å². The van der Waals surface area contributed by atoms with Crippen LogP contribution in [0.15, 0.2) is 59.5 Å². The molecule has 138 valence electrons. The fraction of sp³-hybridized carbons (Fsp3) is 0.278. The summed E-state index contributed by atoms with van der Waals surface area (Å²) in [6.45, 7) is 0.893. The molecule has 1 aliphatic rings. The Morgan fingerprint density at radius 3 is 2.58 bits per heavy atom. The molecule has 1 saturated heterocycles. The van der Waals surface area contributed by atoms with E-state index in [2.05, 4.69) is 4.72 Å². The maximum absolute atomic E-state index is 12.4. The normalized spacial score (nSPS) is 17.9. The smallest absolute Gasteiger partial charge is 0.242 e. The van der Waals surface area contributed by atoms with Gasteiger partial charge in [-0.1, -0.05) is 54.1 Å². The van der Waals surface area contributed by atoms with Gasteiger partial charge in [-0.2, -0.15) is 0 Å². The van der Waals surface area contributed by atoms with Crippen LogP contribution in [0.4, 0.5) is 0 Å². The molecule has 0 spiro atoms. The van der Waals surface area contributed by atoms with Crippen LogP contribution in [0.1, 0.15) is 11.7 Å². The van der Waals surface area contributed by atoms with Gasteiger partial charge in [0.1, 0.15) is 11.0 Å². The molecule has 0 bridgehead atoms. The van der Waals surface area contributed by atoms with Crippen LogP contribution in [0, 0.1) is 0 Å². The first kappa shape index (κ1) is 18.8. The molecule has 0 aliphatic carbocycles. The number of hydrogen-bond acceptors (Lipinski definition) is 4. The lowest BCUT2D eigenvalue weighted by molar-refractivity contribution is -0.137. The van der Waals surface area contributed by atoms with Crippen LogP contribution in [0.3, 0.4) is 0 Å². The predicted octanol–water partition coefficient (Wildman–Crippen LogP) is 2.22. The van der Waals surface area contributed by atoms with Gasteiger partial charge in [-0.3, -0.25) is 4.79 Å². The highest BCUT2D eigenvalue weighted by Gasteiger charge is 2.26. The van der Waals surface area contributed by atoms with E-state index < -0.39 is 10.0 Å². The molecule has 8 heteroatoms. The summed E-state index contributed by atoms with van der Waals surface area (Å²) in [6.07, 6.45) is -0.214. The van der Waals surface area contributed by atoms with Crippen LogP contribution in [0.5, 0.6) is 0 Å². The Balaban J connectivity index is 1.62. The van der Waals surface area contributed by atoms with Crippen molar-refractivity contribution >= 4 is 27.5 Å². The van der Waals surface area contributed by atoms with Gasteiger partial charge >= 0.3 is 0 Å². The average molecular weight is 395 g/mol. The molecule has 6 nitrogen and oxygen atoms in total. The monoisotopic (exact) mass is 394 g/mol. The number of carbonyl (C=O) groups is 1. The molecule has 0 saturated carbocycles. The number of ether oxygens (including phenoxy) is 1. The van der Waals surface area contributed by atoms with Crippen molar-refractivity contribution in [1.82, 2.24) is 9.62 Å². The predicted molar refractivity (Wildman–Crippen MR) is 98.4 cm³/mol. The van der Waals surface area contributed by atoms with Crippen molar-refractivity contribution in [3.8, 4) is 0 Å². The number of sulfonamides is 1. The van der Waals surface area contributed by atoms with E-state index in [1.54, 1.807) is 17.0 Å². The Kier molecular flexibility index (Phi) is 5.93. The maximum atomic E-state index is 12.4. The molecule has 1 fully saturated rings. The molecule has 3 rings (SSSR count). The standard InChI is InChI=1S/C18H19ClN2O4S/c19-15-8-4-5-9-17(15)26(23,24)20-12-18(22)21-10-11-25-16(13-21)14-6-2-1-3-7-14/h1-9,16,20H,10-13H2. The Morgan fingerprint density at radius 1 is 1.15 bits per heavy atom. The van der Waals surface area contributed by atoms with Crippen LogP contribution >= 0.6 is 11.6 Å². The highest BCUT2D eigenvalue weighted by Crippen LogP contribution is 2.22. The van der Waals surface area contributed by atoms with Crippen molar-refractivity contribution in [1.29, 1.82) is 0 Å². The summed E-state index contributed by atoms with van der Waals surface area (Å²) < 4.78 is 32.7. The highest BCUT2D eigenvalue weighted by atomic mass is 35.5. The lowest BCUT2D eigenvalue weighted by atomic mass is 10.1. The number of hydrogen-bond donors (Lipinski definition) is 1. The SMILES string of the molecule is O=C(CNS(=O)(=O)c1ccccc1Cl)N1CCOC(c2ccccc2)C1. The second kappa shape index (κ2) is 8.18. The first-order chi connectivity index (χ1) is 12.5. The van der Waals surface area contributed by atoms with E-state index in [9.17, 15) is 13.2 Å². The van der Waals surface area contributed by atoms with Gasteiger partial charge in [-0.25, -0.2) is 13.1 Å². The number of benzene rings is 2. The highest BCUT2D eigenvalue weighted by molar-refractivity contribution is 7.89. The van der Waals surface area contributed by atoms with E-state index in [4.69, 9.17) is 16.3 Å². The molecular formula is C18H19ClN2O4S. The molecule has 2 aromatic rings. The van der Waals surface area contributed by atoms with Gasteiger partial charge in [0.25, 0.3) is 0 Å². The minimum atomic E-state index is -3.85. The largest absolute Gasteiger partial charge is 0.370 e. The van der Waals surface area contributed by atoms with Crippen LogP contribution in [-0.4, -0.2) is 45.5 Å². The van der Waals surface area contributed by atoms with Gasteiger partial charge < -0.3 is 9.64 Å². The van der Waals surface area contributed by atoms with E-state index in [-0.39, 0.29) is 28.5 Å². The summed E-state index contributed by atoms with van der Waals surface area (Å²) in [5.74, 6) is -0.301. The fourth-order valence-corrected chi connectivity index (χ4v) is 4.25. The molecule has 0 radical (unpaired) electrons. The van der Waals surface area contributed by atoms with E-state index in [1.807, 2.05) is 30.3 Å². The van der Waals surface area contributed by atoms with Crippen LogP contribution in [0.2, 0.25) is 5.02 Å². The Bertz CT molecular complexity index is 874. The summed E-state index contributed by atoms with van der Waals surface area (Å²) >= 11 is 5.93. The zero-order valence-corrected chi connectivity index (χ0v) is 15.5. The van der Waals surface area contributed by atoms with E-state index in [0.717, 1.165) is 5.56 Å². The number of halogens is 1. The molecule has 1 unspecified atom stereocenters. The van der Waals surface area contributed by atoms with E-state index in [1.165, 1.54) is 12.1 Å². The third-order valence-corrected chi connectivity index (χ3v) is 6.03. The third-order valence-electron chi connectivity index (χ3n) is 4.13. The summed E-state index contributed by atoms with van der Waals surface area (Å²) in [4.78, 5) is 14.0. The molecule has 26 heavy (non-hydrogen) atoms. The van der Waals surface area contributed by atoms with Gasteiger partial charge in [-0.05, 0) is 17.7 Å². The first-order valence-electron chi connectivity index (χ1n) is 8.16. The zero-order valence-electron chi connectivity index (χ0n) is 14.0. The molecule has 1 atom stereocenters. The summed E-state index contributed by atoms with van der Waals surface area (Å²) in [5, 5.41) is 0.114. The number of rotatable bonds is 5. The summed E-state index contributed by atoms with van der Waals surface area (Å²) in [6, 6.07) is 15.7. The van der Waals surface area contributed by atoms with Gasteiger partial charge in [0.2, 0.25) is 15.9 Å². The number of amides is 1. The lowest BCUT2D eigenvalue weighted by Crippen LogP contribution is -2.46. The van der Waals surface area contributed by atoms with E-state index >= 15 is 0 Å². The molecule has 1 N–H and O–H groups in total. The number of nitrogens with one attached hydrogen (secondary N) is 1. The number of carbonyl (C=O) groups excluding carboxylic acids is 1. The Morgan fingerprint density at radius 2 is 1.85 bits per heavy atom. The molecule has 1 amide bonds. The van der Waals surface area contributed by atoms with Crippen molar-refractivity contribution in [3.05, 3.63) is 65.2 Å².